The van der Waals surface area contributed by atoms with Gasteiger partial charge >= 0.3 is 0 Å². The molecule has 1 aromatic rings. The van der Waals surface area contributed by atoms with Gasteiger partial charge in [-0.15, -0.1) is 0 Å². The molecular weight excluding hydrogens is 176 g/mol. The first-order valence-electron chi connectivity index (χ1n) is 4.65. The Morgan fingerprint density at radius 2 is 2.00 bits per heavy atom. The number of hydrogen-bond acceptors (Lipinski definition) is 2. The highest BCUT2D eigenvalue weighted by molar-refractivity contribution is 5.87. The van der Waals surface area contributed by atoms with Crippen molar-refractivity contribution in [3.8, 4) is 0 Å². The lowest BCUT2D eigenvalue weighted by Gasteiger charge is -2.18. The van der Waals surface area contributed by atoms with Crippen LogP contribution in [-0.4, -0.2) is 10.9 Å². The van der Waals surface area contributed by atoms with Crippen LogP contribution in [-0.2, 0) is 10.2 Å². The quantitative estimate of drug-likeness (QED) is 0.742. The molecule has 0 saturated carbocycles. The van der Waals surface area contributed by atoms with E-state index in [1.165, 1.54) is 6.92 Å². The zero-order valence-corrected chi connectivity index (χ0v) is 9.09. The van der Waals surface area contributed by atoms with Gasteiger partial charge in [-0.3, -0.25) is 4.79 Å². The van der Waals surface area contributed by atoms with Crippen molar-refractivity contribution in [2.45, 2.75) is 33.1 Å². The molecule has 3 nitrogen and oxygen atoms in total. The minimum atomic E-state index is -0.0939. The monoisotopic (exact) mass is 192 g/mol. The van der Waals surface area contributed by atoms with E-state index in [1.807, 2.05) is 12.1 Å². The number of hydrogen-bond donors (Lipinski definition) is 1. The third kappa shape index (κ3) is 2.83. The number of anilines is 1. The summed E-state index contributed by atoms with van der Waals surface area (Å²) in [6.45, 7) is 7.75. The number of pyridine rings is 1. The van der Waals surface area contributed by atoms with Crippen molar-refractivity contribution >= 4 is 11.7 Å². The van der Waals surface area contributed by atoms with Crippen molar-refractivity contribution in [1.29, 1.82) is 0 Å². The molecule has 0 aliphatic rings. The van der Waals surface area contributed by atoms with Gasteiger partial charge in [0.15, 0.2) is 0 Å². The van der Waals surface area contributed by atoms with Crippen LogP contribution < -0.4 is 5.32 Å². The van der Waals surface area contributed by atoms with Crippen LogP contribution in [0.25, 0.3) is 0 Å². The fourth-order valence-electron chi connectivity index (χ4n) is 1.10. The molecule has 0 aliphatic carbocycles. The maximum atomic E-state index is 10.8. The van der Waals surface area contributed by atoms with E-state index in [1.54, 1.807) is 6.07 Å². The SMILES string of the molecule is CC(=O)Nc1cccc(C(C)(C)C)n1. The summed E-state index contributed by atoms with van der Waals surface area (Å²) >= 11 is 0. The van der Waals surface area contributed by atoms with Crippen molar-refractivity contribution < 1.29 is 4.79 Å². The molecule has 1 rings (SSSR count). The number of nitrogens with zero attached hydrogens (tertiary/aromatic N) is 1. The van der Waals surface area contributed by atoms with Crippen molar-refractivity contribution in [2.24, 2.45) is 0 Å². The maximum Gasteiger partial charge on any atom is 0.222 e. The Labute approximate surface area is 84.6 Å². The van der Waals surface area contributed by atoms with Gasteiger partial charge in [-0.25, -0.2) is 4.98 Å². The number of rotatable bonds is 1. The van der Waals surface area contributed by atoms with Gasteiger partial charge in [0, 0.05) is 18.0 Å². The first-order chi connectivity index (χ1) is 6.39. The third-order valence-electron chi connectivity index (χ3n) is 1.82. The average Bonchev–Trinajstić information content (AvgIpc) is 2.01. The molecule has 0 radical (unpaired) electrons. The van der Waals surface area contributed by atoms with Crippen LogP contribution in [0.15, 0.2) is 18.2 Å². The van der Waals surface area contributed by atoms with Gasteiger partial charge in [-0.05, 0) is 12.1 Å². The van der Waals surface area contributed by atoms with Gasteiger partial charge < -0.3 is 5.32 Å². The Kier molecular flexibility index (Phi) is 2.89. The molecule has 76 valence electrons. The molecule has 0 aliphatic heterocycles. The molecule has 3 heteroatoms. The fourth-order valence-corrected chi connectivity index (χ4v) is 1.10. The lowest BCUT2D eigenvalue weighted by Crippen LogP contribution is -2.15. The van der Waals surface area contributed by atoms with E-state index < -0.39 is 0 Å². The van der Waals surface area contributed by atoms with E-state index in [0.29, 0.717) is 5.82 Å². The summed E-state index contributed by atoms with van der Waals surface area (Å²) in [5.74, 6) is 0.522. The average molecular weight is 192 g/mol. The lowest BCUT2D eigenvalue weighted by atomic mass is 9.92. The predicted octanol–water partition coefficient (Wildman–Crippen LogP) is 2.34. The Hall–Kier alpha value is -1.38. The molecule has 0 spiro atoms. The molecule has 0 bridgehead atoms. The number of carbonyl (C=O) groups is 1. The van der Waals surface area contributed by atoms with Crippen LogP contribution in [0.5, 0.6) is 0 Å². The highest BCUT2D eigenvalue weighted by Gasteiger charge is 2.15. The molecule has 1 heterocycles. The summed E-state index contributed by atoms with van der Waals surface area (Å²) < 4.78 is 0. The van der Waals surface area contributed by atoms with E-state index >= 15 is 0 Å². The number of carbonyl (C=O) groups excluding carboxylic acids is 1. The zero-order chi connectivity index (χ0) is 10.8. The van der Waals surface area contributed by atoms with Gasteiger partial charge in [0.2, 0.25) is 5.91 Å². The fraction of sp³-hybridized carbons (Fsp3) is 0.455. The van der Waals surface area contributed by atoms with Gasteiger partial charge in [0.25, 0.3) is 0 Å². The van der Waals surface area contributed by atoms with Crippen LogP contribution in [0.2, 0.25) is 0 Å². The first kappa shape index (κ1) is 10.7. The van der Waals surface area contributed by atoms with E-state index in [2.05, 4.69) is 31.1 Å². The van der Waals surface area contributed by atoms with Crippen LogP contribution in [0.4, 0.5) is 5.82 Å². The van der Waals surface area contributed by atoms with Gasteiger partial charge in [0.05, 0.1) is 0 Å². The molecule has 1 aromatic heterocycles. The van der Waals surface area contributed by atoms with Crippen molar-refractivity contribution in [3.63, 3.8) is 0 Å². The Morgan fingerprint density at radius 3 is 2.50 bits per heavy atom. The highest BCUT2D eigenvalue weighted by Crippen LogP contribution is 2.20. The predicted molar refractivity (Wildman–Crippen MR) is 57.2 cm³/mol. The second-order valence-corrected chi connectivity index (χ2v) is 4.34. The normalized spacial score (nSPS) is 11.1. The lowest BCUT2D eigenvalue weighted by molar-refractivity contribution is -0.114. The molecule has 1 N–H and O–H groups in total. The van der Waals surface area contributed by atoms with E-state index in [-0.39, 0.29) is 11.3 Å². The van der Waals surface area contributed by atoms with Crippen LogP contribution in [0.1, 0.15) is 33.4 Å². The maximum absolute atomic E-state index is 10.8. The van der Waals surface area contributed by atoms with Crippen molar-refractivity contribution in [3.05, 3.63) is 23.9 Å². The molecule has 0 atom stereocenters. The first-order valence-corrected chi connectivity index (χ1v) is 4.65. The molecule has 0 unspecified atom stereocenters. The van der Waals surface area contributed by atoms with E-state index in [9.17, 15) is 4.79 Å². The summed E-state index contributed by atoms with van der Waals surface area (Å²) in [6, 6.07) is 5.65. The zero-order valence-electron chi connectivity index (χ0n) is 9.09. The number of amides is 1. The number of nitrogens with one attached hydrogen (secondary N) is 1. The second-order valence-electron chi connectivity index (χ2n) is 4.34. The van der Waals surface area contributed by atoms with Gasteiger partial charge in [-0.2, -0.15) is 0 Å². The van der Waals surface area contributed by atoms with Crippen LogP contribution in [0, 0.1) is 0 Å². The van der Waals surface area contributed by atoms with Gasteiger partial charge in [0.1, 0.15) is 5.82 Å². The molecule has 14 heavy (non-hydrogen) atoms. The molecular formula is C11H16N2O. The van der Waals surface area contributed by atoms with Crippen LogP contribution in [0.3, 0.4) is 0 Å². The third-order valence-corrected chi connectivity index (χ3v) is 1.82. The van der Waals surface area contributed by atoms with E-state index in [4.69, 9.17) is 0 Å². The number of aromatic nitrogens is 1. The standard InChI is InChI=1S/C11H16N2O/c1-8(14)12-10-7-5-6-9(13-10)11(2,3)4/h5-7H,1-4H3,(H,12,13,14). The Bertz CT molecular complexity index is 339. The molecule has 0 saturated heterocycles. The van der Waals surface area contributed by atoms with Crippen molar-refractivity contribution in [1.82, 2.24) is 4.98 Å². The van der Waals surface area contributed by atoms with Gasteiger partial charge in [-0.1, -0.05) is 26.8 Å². The summed E-state index contributed by atoms with van der Waals surface area (Å²) in [7, 11) is 0. The van der Waals surface area contributed by atoms with Crippen LogP contribution >= 0.6 is 0 Å². The summed E-state index contributed by atoms with van der Waals surface area (Å²) in [5.41, 5.74) is 0.984. The second kappa shape index (κ2) is 3.78. The highest BCUT2D eigenvalue weighted by atomic mass is 16.1. The molecule has 1 amide bonds. The largest absolute Gasteiger partial charge is 0.311 e. The summed E-state index contributed by atoms with van der Waals surface area (Å²) in [4.78, 5) is 15.2. The summed E-state index contributed by atoms with van der Waals surface area (Å²) in [5, 5.41) is 2.67. The summed E-state index contributed by atoms with van der Waals surface area (Å²) in [6.07, 6.45) is 0. The topological polar surface area (TPSA) is 42.0 Å². The smallest absolute Gasteiger partial charge is 0.222 e. The Morgan fingerprint density at radius 1 is 1.36 bits per heavy atom. The Balaban J connectivity index is 2.95. The van der Waals surface area contributed by atoms with E-state index in [0.717, 1.165) is 5.69 Å². The van der Waals surface area contributed by atoms with Crippen molar-refractivity contribution in [2.75, 3.05) is 5.32 Å². The minimum absolute atomic E-state index is 0.00841. The molecule has 0 fully saturated rings. The molecule has 0 aromatic carbocycles. The minimum Gasteiger partial charge on any atom is -0.311 e.